The molecule has 1 fully saturated rings. The standard InChI is InChI=1S/C16H26N4/c1-5-7-20-8-6-14(11-20)10-17-16-9-15(12(2)3)18-13(4)19-16/h5,9,12,14H,1,6-8,10-11H2,2-4H3,(H,17,18,19)/t14-/m1/s1. The Balaban J connectivity index is 1.89. The highest BCUT2D eigenvalue weighted by atomic mass is 15.1. The van der Waals surface area contributed by atoms with Crippen LogP contribution in [0.1, 0.15) is 37.7 Å². The second kappa shape index (κ2) is 6.84. The quantitative estimate of drug-likeness (QED) is 0.810. The molecule has 1 aromatic rings. The molecule has 110 valence electrons. The van der Waals surface area contributed by atoms with Gasteiger partial charge in [0.15, 0.2) is 0 Å². The number of aromatic nitrogens is 2. The van der Waals surface area contributed by atoms with Gasteiger partial charge >= 0.3 is 0 Å². The lowest BCUT2D eigenvalue weighted by atomic mass is 10.1. The number of hydrogen-bond acceptors (Lipinski definition) is 4. The highest BCUT2D eigenvalue weighted by Gasteiger charge is 2.21. The third kappa shape index (κ3) is 4.04. The second-order valence-electron chi connectivity index (χ2n) is 5.96. The smallest absolute Gasteiger partial charge is 0.129 e. The van der Waals surface area contributed by atoms with Gasteiger partial charge < -0.3 is 5.32 Å². The lowest BCUT2D eigenvalue weighted by molar-refractivity contribution is 0.362. The van der Waals surface area contributed by atoms with Crippen LogP contribution < -0.4 is 5.32 Å². The Morgan fingerprint density at radius 1 is 1.50 bits per heavy atom. The summed E-state index contributed by atoms with van der Waals surface area (Å²) < 4.78 is 0. The molecule has 1 aliphatic heterocycles. The molecule has 1 atom stereocenters. The lowest BCUT2D eigenvalue weighted by Gasteiger charge is -2.15. The number of rotatable bonds is 6. The van der Waals surface area contributed by atoms with Gasteiger partial charge in [0.1, 0.15) is 11.6 Å². The lowest BCUT2D eigenvalue weighted by Crippen LogP contribution is -2.23. The molecule has 0 aliphatic carbocycles. The van der Waals surface area contributed by atoms with Crippen molar-refractivity contribution in [3.05, 3.63) is 30.2 Å². The van der Waals surface area contributed by atoms with E-state index >= 15 is 0 Å². The Bertz CT molecular complexity index is 456. The molecule has 0 aromatic carbocycles. The molecule has 0 amide bonds. The van der Waals surface area contributed by atoms with Crippen LogP contribution in [-0.4, -0.2) is 41.0 Å². The van der Waals surface area contributed by atoms with Crippen molar-refractivity contribution < 1.29 is 0 Å². The predicted octanol–water partition coefficient (Wildman–Crippen LogP) is 2.83. The van der Waals surface area contributed by atoms with Crippen LogP contribution in [0.25, 0.3) is 0 Å². The Morgan fingerprint density at radius 3 is 3.00 bits per heavy atom. The summed E-state index contributed by atoms with van der Waals surface area (Å²) in [6, 6.07) is 2.08. The molecule has 0 bridgehead atoms. The minimum atomic E-state index is 0.437. The summed E-state index contributed by atoms with van der Waals surface area (Å²) in [4.78, 5) is 11.4. The van der Waals surface area contributed by atoms with Crippen LogP contribution in [0.15, 0.2) is 18.7 Å². The normalized spacial score (nSPS) is 19.5. The first-order valence-electron chi connectivity index (χ1n) is 7.51. The molecule has 0 radical (unpaired) electrons. The SMILES string of the molecule is C=CCN1CC[C@H](CNc2cc(C(C)C)nc(C)n2)C1. The molecule has 1 aliphatic rings. The van der Waals surface area contributed by atoms with Gasteiger partial charge in [0.25, 0.3) is 0 Å². The molecule has 0 spiro atoms. The van der Waals surface area contributed by atoms with Crippen molar-refractivity contribution in [1.29, 1.82) is 0 Å². The Labute approximate surface area is 122 Å². The van der Waals surface area contributed by atoms with E-state index in [0.717, 1.165) is 37.0 Å². The van der Waals surface area contributed by atoms with Crippen molar-refractivity contribution in [2.75, 3.05) is 31.5 Å². The van der Waals surface area contributed by atoms with E-state index in [0.29, 0.717) is 11.8 Å². The maximum atomic E-state index is 4.48. The van der Waals surface area contributed by atoms with E-state index in [1.54, 1.807) is 0 Å². The van der Waals surface area contributed by atoms with Gasteiger partial charge in [-0.1, -0.05) is 19.9 Å². The maximum absolute atomic E-state index is 4.48. The summed E-state index contributed by atoms with van der Waals surface area (Å²) in [5.74, 6) is 2.95. The topological polar surface area (TPSA) is 41.0 Å². The molecule has 0 saturated carbocycles. The van der Waals surface area contributed by atoms with Gasteiger partial charge in [-0.15, -0.1) is 6.58 Å². The summed E-state index contributed by atoms with van der Waals surface area (Å²) in [5, 5.41) is 3.48. The van der Waals surface area contributed by atoms with Crippen molar-refractivity contribution in [3.63, 3.8) is 0 Å². The Hall–Kier alpha value is -1.42. The average Bonchev–Trinajstić information content (AvgIpc) is 2.84. The van der Waals surface area contributed by atoms with Crippen LogP contribution in [0.4, 0.5) is 5.82 Å². The maximum Gasteiger partial charge on any atom is 0.129 e. The van der Waals surface area contributed by atoms with Crippen molar-refractivity contribution >= 4 is 5.82 Å². The van der Waals surface area contributed by atoms with Crippen LogP contribution in [0.3, 0.4) is 0 Å². The van der Waals surface area contributed by atoms with E-state index in [9.17, 15) is 0 Å². The molecule has 1 aromatic heterocycles. The first-order chi connectivity index (χ1) is 9.58. The van der Waals surface area contributed by atoms with E-state index in [1.165, 1.54) is 13.0 Å². The minimum Gasteiger partial charge on any atom is -0.370 e. The van der Waals surface area contributed by atoms with Crippen molar-refractivity contribution in [2.45, 2.75) is 33.1 Å². The van der Waals surface area contributed by atoms with Crippen molar-refractivity contribution in [1.82, 2.24) is 14.9 Å². The van der Waals surface area contributed by atoms with Gasteiger partial charge in [-0.3, -0.25) is 4.90 Å². The van der Waals surface area contributed by atoms with Gasteiger partial charge in [0.2, 0.25) is 0 Å². The monoisotopic (exact) mass is 274 g/mol. The average molecular weight is 274 g/mol. The predicted molar refractivity (Wildman–Crippen MR) is 84.1 cm³/mol. The molecule has 20 heavy (non-hydrogen) atoms. The Kier molecular flexibility index (Phi) is 5.12. The summed E-state index contributed by atoms with van der Waals surface area (Å²) in [6.07, 6.45) is 3.24. The zero-order valence-electron chi connectivity index (χ0n) is 12.9. The summed E-state index contributed by atoms with van der Waals surface area (Å²) in [5.41, 5.74) is 1.11. The fourth-order valence-electron chi connectivity index (χ4n) is 2.65. The number of hydrogen-bond donors (Lipinski definition) is 1. The fraction of sp³-hybridized carbons (Fsp3) is 0.625. The molecule has 1 saturated heterocycles. The van der Waals surface area contributed by atoms with Gasteiger partial charge in [-0.2, -0.15) is 0 Å². The third-order valence-corrected chi connectivity index (χ3v) is 3.78. The van der Waals surface area contributed by atoms with Crippen molar-refractivity contribution in [3.8, 4) is 0 Å². The van der Waals surface area contributed by atoms with Crippen LogP contribution in [0.2, 0.25) is 0 Å². The molecule has 4 nitrogen and oxygen atoms in total. The minimum absolute atomic E-state index is 0.437. The largest absolute Gasteiger partial charge is 0.370 e. The molecule has 2 heterocycles. The van der Waals surface area contributed by atoms with E-state index < -0.39 is 0 Å². The van der Waals surface area contributed by atoms with Crippen LogP contribution >= 0.6 is 0 Å². The third-order valence-electron chi connectivity index (χ3n) is 3.78. The Morgan fingerprint density at radius 2 is 2.30 bits per heavy atom. The number of likely N-dealkylation sites (tertiary alicyclic amines) is 1. The van der Waals surface area contributed by atoms with E-state index in [-0.39, 0.29) is 0 Å². The highest BCUT2D eigenvalue weighted by Crippen LogP contribution is 2.18. The first-order valence-corrected chi connectivity index (χ1v) is 7.51. The van der Waals surface area contributed by atoms with Gasteiger partial charge in [-0.05, 0) is 31.7 Å². The van der Waals surface area contributed by atoms with Gasteiger partial charge in [-0.25, -0.2) is 9.97 Å². The van der Waals surface area contributed by atoms with Crippen LogP contribution in [0.5, 0.6) is 0 Å². The van der Waals surface area contributed by atoms with E-state index in [1.807, 2.05) is 13.0 Å². The summed E-state index contributed by atoms with van der Waals surface area (Å²) in [7, 11) is 0. The molecule has 2 rings (SSSR count). The van der Waals surface area contributed by atoms with Crippen molar-refractivity contribution in [2.24, 2.45) is 5.92 Å². The number of nitrogens with one attached hydrogen (secondary N) is 1. The number of aryl methyl sites for hydroxylation is 1. The number of anilines is 1. The molecule has 4 heteroatoms. The zero-order chi connectivity index (χ0) is 14.5. The zero-order valence-corrected chi connectivity index (χ0v) is 12.9. The summed E-state index contributed by atoms with van der Waals surface area (Å²) in [6.45, 7) is 14.4. The fourth-order valence-corrected chi connectivity index (χ4v) is 2.65. The van der Waals surface area contributed by atoms with Gasteiger partial charge in [0, 0.05) is 31.4 Å². The number of nitrogens with zero attached hydrogens (tertiary/aromatic N) is 3. The first kappa shape index (κ1) is 15.0. The second-order valence-corrected chi connectivity index (χ2v) is 5.96. The van der Waals surface area contributed by atoms with E-state index in [2.05, 4.69) is 46.7 Å². The van der Waals surface area contributed by atoms with Crippen LogP contribution in [-0.2, 0) is 0 Å². The molecular formula is C16H26N4. The molecular weight excluding hydrogens is 248 g/mol. The molecule has 0 unspecified atom stereocenters. The van der Waals surface area contributed by atoms with E-state index in [4.69, 9.17) is 0 Å². The van der Waals surface area contributed by atoms with Crippen LogP contribution in [0, 0.1) is 12.8 Å². The van der Waals surface area contributed by atoms with Gasteiger partial charge in [0.05, 0.1) is 0 Å². The highest BCUT2D eigenvalue weighted by molar-refractivity contribution is 5.37. The summed E-state index contributed by atoms with van der Waals surface area (Å²) >= 11 is 0. The molecule has 1 N–H and O–H groups in total.